The average molecular weight is 719 g/mol. The first-order chi connectivity index (χ1) is 23.0. The highest BCUT2D eigenvalue weighted by Gasteiger charge is 2.51. The van der Waals surface area contributed by atoms with Gasteiger partial charge in [0.25, 0.3) is 0 Å². The summed E-state index contributed by atoms with van der Waals surface area (Å²) in [6.45, 7) is 15.8. The Bertz CT molecular complexity index is 1150. The monoisotopic (exact) mass is 718 g/mol. The molecule has 14 nitrogen and oxygen atoms in total. The summed E-state index contributed by atoms with van der Waals surface area (Å²) in [5.74, 6) is -2.40. The molecule has 50 heavy (non-hydrogen) atoms. The summed E-state index contributed by atoms with van der Waals surface area (Å²) in [6.07, 6.45) is -7.75. The number of cyclic esters (lactones) is 1. The number of likely N-dealkylation sites (N-methyl/N-ethyl adjacent to an activating group) is 2. The van der Waals surface area contributed by atoms with Crippen molar-refractivity contribution in [3.8, 4) is 0 Å². The predicted octanol–water partition coefficient (Wildman–Crippen LogP) is 2.16. The summed E-state index contributed by atoms with van der Waals surface area (Å²) in [6, 6.07) is -0.811. The number of ether oxygens (including phenoxy) is 6. The van der Waals surface area contributed by atoms with Crippen molar-refractivity contribution in [2.24, 2.45) is 17.8 Å². The minimum Gasteiger partial charge on any atom is -0.506 e. The summed E-state index contributed by atoms with van der Waals surface area (Å²) >= 11 is 0. The van der Waals surface area contributed by atoms with Crippen LogP contribution in [0.15, 0.2) is 11.5 Å². The molecule has 292 valence electrons. The highest BCUT2D eigenvalue weighted by atomic mass is 16.7. The molecule has 0 aromatic heterocycles. The van der Waals surface area contributed by atoms with Crippen LogP contribution in [0.5, 0.6) is 0 Å². The van der Waals surface area contributed by atoms with Crippen LogP contribution in [0.1, 0.15) is 81.6 Å². The van der Waals surface area contributed by atoms with Crippen LogP contribution >= 0.6 is 0 Å². The molecule has 0 aromatic carbocycles. The average Bonchev–Trinajstić information content (AvgIpc) is 3.02. The first-order valence-corrected chi connectivity index (χ1v) is 18.0. The van der Waals surface area contributed by atoms with Crippen LogP contribution in [0.3, 0.4) is 0 Å². The summed E-state index contributed by atoms with van der Waals surface area (Å²) < 4.78 is 36.7. The summed E-state index contributed by atoms with van der Waals surface area (Å²) in [4.78, 5) is 17.8. The van der Waals surface area contributed by atoms with E-state index in [0.717, 1.165) is 0 Å². The van der Waals surface area contributed by atoms with Gasteiger partial charge < -0.3 is 63.8 Å². The van der Waals surface area contributed by atoms with Gasteiger partial charge in [0.2, 0.25) is 0 Å². The fraction of sp³-hybridized carbons (Fsp3) is 0.917. The minimum absolute atomic E-state index is 0.0463. The van der Waals surface area contributed by atoms with Crippen LogP contribution in [0.25, 0.3) is 0 Å². The molecule has 5 N–H and O–H groups in total. The molecule has 3 aliphatic heterocycles. The molecular weight excluding hydrogens is 652 g/mol. The second kappa shape index (κ2) is 17.0. The number of carbonyl (C=O) groups is 1. The van der Waals surface area contributed by atoms with Gasteiger partial charge in [-0.25, -0.2) is 0 Å². The smallest absolute Gasteiger partial charge is 0.311 e. The van der Waals surface area contributed by atoms with Crippen molar-refractivity contribution < 1.29 is 58.7 Å². The van der Waals surface area contributed by atoms with E-state index in [0.29, 0.717) is 13.0 Å². The van der Waals surface area contributed by atoms with Gasteiger partial charge in [-0.3, -0.25) is 4.79 Å². The van der Waals surface area contributed by atoms with E-state index in [4.69, 9.17) is 28.4 Å². The largest absolute Gasteiger partial charge is 0.506 e. The van der Waals surface area contributed by atoms with Gasteiger partial charge in [0, 0.05) is 24.5 Å². The Labute approximate surface area is 298 Å². The zero-order valence-electron chi connectivity index (χ0n) is 32.4. The van der Waals surface area contributed by atoms with Crippen LogP contribution in [0.4, 0.5) is 0 Å². The maximum absolute atomic E-state index is 14.0. The van der Waals surface area contributed by atoms with Gasteiger partial charge in [0.05, 0.1) is 43.4 Å². The zero-order chi connectivity index (χ0) is 38.0. The molecule has 3 rings (SSSR count). The van der Waals surface area contributed by atoms with Crippen LogP contribution in [-0.4, -0.2) is 155 Å². The second-order valence-corrected chi connectivity index (χ2v) is 15.9. The fourth-order valence-electron chi connectivity index (χ4n) is 7.82. The molecule has 14 heteroatoms. The molecule has 0 bridgehead atoms. The first kappa shape index (κ1) is 42.8. The third-order valence-corrected chi connectivity index (χ3v) is 11.2. The quantitative estimate of drug-likeness (QED) is 0.252. The highest BCUT2D eigenvalue weighted by molar-refractivity contribution is 5.73. The number of hydrogen-bond donors (Lipinski definition) is 5. The van der Waals surface area contributed by atoms with Gasteiger partial charge >= 0.3 is 5.97 Å². The van der Waals surface area contributed by atoms with Crippen LogP contribution in [-0.2, 0) is 33.2 Å². The number of hydrogen-bond acceptors (Lipinski definition) is 14. The number of methoxy groups -OCH3 is 1. The van der Waals surface area contributed by atoms with Crippen molar-refractivity contribution in [1.29, 1.82) is 0 Å². The Hall–Kier alpha value is -1.59. The molecule has 0 amide bonds. The lowest BCUT2D eigenvalue weighted by molar-refractivity contribution is -0.305. The molecule has 0 aliphatic carbocycles. The van der Waals surface area contributed by atoms with Gasteiger partial charge in [0.15, 0.2) is 18.3 Å². The lowest BCUT2D eigenvalue weighted by atomic mass is 9.77. The Morgan fingerprint density at radius 2 is 1.60 bits per heavy atom. The lowest BCUT2D eigenvalue weighted by Gasteiger charge is -2.47. The second-order valence-electron chi connectivity index (χ2n) is 15.9. The number of carbonyl (C=O) groups excluding carboxylic acids is 1. The summed E-state index contributed by atoms with van der Waals surface area (Å²) in [5.41, 5.74) is -3.36. The van der Waals surface area contributed by atoms with E-state index in [1.165, 1.54) is 21.0 Å². The van der Waals surface area contributed by atoms with Crippen LogP contribution < -0.4 is 0 Å². The maximum atomic E-state index is 14.0. The predicted molar refractivity (Wildman–Crippen MR) is 185 cm³/mol. The standard InChI is InChI=1S/C36H66N2O12/c1-18-16-35(8,43)32(50-34-29(40)25(37(10)11)14-19(2)46-34)20(3)30(49-27-15-26(45-13)28(39)23(6)47-27)21(4)33(42)48-24(7)36(9,44)31(41)22(5)38(12)17-18/h18-25,27,29-32,34,39-41,43-44H,14-17H2,1-13H3/t18?,19?,20-,21-,22+,23?,24+,25?,27?,29?,30-,31+,32-,34?,35-,36-/m1/s1. The number of rotatable bonds is 6. The normalized spacial score (nSPS) is 46.6. The number of aliphatic hydroxyl groups is 5. The molecule has 2 fully saturated rings. The third-order valence-electron chi connectivity index (χ3n) is 11.2. The van der Waals surface area contributed by atoms with Crippen molar-refractivity contribution in [3.05, 3.63) is 11.5 Å². The van der Waals surface area contributed by atoms with Gasteiger partial charge in [-0.15, -0.1) is 0 Å². The third kappa shape index (κ3) is 9.68. The number of aliphatic hydroxyl groups excluding tert-OH is 3. The van der Waals surface area contributed by atoms with Gasteiger partial charge in [-0.2, -0.15) is 0 Å². The van der Waals surface area contributed by atoms with E-state index in [-0.39, 0.29) is 42.4 Å². The van der Waals surface area contributed by atoms with E-state index < -0.39 is 84.3 Å². The maximum Gasteiger partial charge on any atom is 0.311 e. The van der Waals surface area contributed by atoms with Gasteiger partial charge in [-0.05, 0) is 88.4 Å². The molecule has 7 unspecified atom stereocenters. The van der Waals surface area contributed by atoms with Crippen molar-refractivity contribution in [3.63, 3.8) is 0 Å². The minimum atomic E-state index is -1.81. The SMILES string of the molecule is COC1=C(O)C(C)OC(O[C@@H]2[C@@H](C)[C@@H](OC3OC(C)CC(N(C)C)C3O)[C@](C)(O)CC(C)CN(C)[C@@H](C)[C@H](O)[C@](C)(O)[C@H](C)OC(=O)[C@@H]2C)C1. The number of esters is 1. The van der Waals surface area contributed by atoms with E-state index in [2.05, 4.69) is 0 Å². The van der Waals surface area contributed by atoms with E-state index >= 15 is 0 Å². The Morgan fingerprint density at radius 3 is 2.18 bits per heavy atom. The molecule has 16 atom stereocenters. The topological polar surface area (TPSA) is 180 Å². The molecule has 0 radical (unpaired) electrons. The van der Waals surface area contributed by atoms with Crippen molar-refractivity contribution >= 4 is 5.97 Å². The van der Waals surface area contributed by atoms with E-state index in [9.17, 15) is 30.3 Å². The van der Waals surface area contributed by atoms with Crippen molar-refractivity contribution in [2.75, 3.05) is 34.8 Å². The molecule has 0 spiro atoms. The first-order valence-electron chi connectivity index (χ1n) is 18.0. The molecule has 3 heterocycles. The zero-order valence-corrected chi connectivity index (χ0v) is 32.4. The molecule has 0 aromatic rings. The summed E-state index contributed by atoms with van der Waals surface area (Å²) in [5, 5.41) is 57.2. The molecule has 3 aliphatic rings. The summed E-state index contributed by atoms with van der Waals surface area (Å²) in [7, 11) is 7.02. The van der Waals surface area contributed by atoms with Crippen molar-refractivity contribution in [1.82, 2.24) is 9.80 Å². The highest BCUT2D eigenvalue weighted by Crippen LogP contribution is 2.39. The van der Waals surface area contributed by atoms with Gasteiger partial charge in [0.1, 0.15) is 35.8 Å². The fourth-order valence-corrected chi connectivity index (χ4v) is 7.82. The van der Waals surface area contributed by atoms with E-state index in [1.54, 1.807) is 34.6 Å². The Kier molecular flexibility index (Phi) is 14.6. The lowest BCUT2D eigenvalue weighted by Crippen LogP contribution is -2.59. The number of nitrogens with zero attached hydrogens (tertiary/aromatic N) is 2. The van der Waals surface area contributed by atoms with Crippen molar-refractivity contribution in [2.45, 2.75) is 160 Å². The molecule has 2 saturated heterocycles. The van der Waals surface area contributed by atoms with E-state index in [1.807, 2.05) is 44.8 Å². The Balaban J connectivity index is 2.14. The van der Waals surface area contributed by atoms with Crippen LogP contribution in [0.2, 0.25) is 0 Å². The van der Waals surface area contributed by atoms with Crippen LogP contribution in [0, 0.1) is 17.8 Å². The Morgan fingerprint density at radius 1 is 0.980 bits per heavy atom. The molecule has 0 saturated carbocycles. The van der Waals surface area contributed by atoms with Gasteiger partial charge in [-0.1, -0.05) is 13.8 Å². The molecular formula is C36H66N2O12.